The van der Waals surface area contributed by atoms with Crippen LogP contribution in [0, 0.1) is 0 Å². The van der Waals surface area contributed by atoms with Gasteiger partial charge in [-0.15, -0.1) is 0 Å². The average molecular weight is 254 g/mol. The summed E-state index contributed by atoms with van der Waals surface area (Å²) in [5.74, 6) is 0.517. The van der Waals surface area contributed by atoms with Crippen molar-refractivity contribution < 1.29 is 14.6 Å². The normalized spacial score (nSPS) is 9.89. The van der Waals surface area contributed by atoms with Gasteiger partial charge in [-0.25, -0.2) is 0 Å². The second-order valence-electron chi connectivity index (χ2n) is 4.07. The fraction of sp³-hybridized carbons (Fsp3) is 0.0625. The molecule has 0 aliphatic rings. The highest BCUT2D eigenvalue weighted by Gasteiger charge is 2.08. The minimum absolute atomic E-state index is 0.0290. The van der Waals surface area contributed by atoms with E-state index < -0.39 is 0 Å². The highest BCUT2D eigenvalue weighted by molar-refractivity contribution is 6.08. The number of ketones is 1. The molecule has 0 atom stereocenters. The van der Waals surface area contributed by atoms with Crippen LogP contribution >= 0.6 is 0 Å². The Bertz CT molecular complexity index is 571. The van der Waals surface area contributed by atoms with Crippen LogP contribution in [0.3, 0.4) is 0 Å². The lowest BCUT2D eigenvalue weighted by Gasteiger charge is -2.06. The molecule has 19 heavy (non-hydrogen) atoms. The Labute approximate surface area is 111 Å². The molecule has 0 unspecified atom stereocenters. The van der Waals surface area contributed by atoms with E-state index in [2.05, 4.69) is 6.58 Å². The first-order chi connectivity index (χ1) is 9.16. The summed E-state index contributed by atoms with van der Waals surface area (Å²) in [5, 5.41) is 8.93. The summed E-state index contributed by atoms with van der Waals surface area (Å²) in [6.45, 7) is 3.38. The van der Waals surface area contributed by atoms with Crippen LogP contribution in [0.5, 0.6) is 5.75 Å². The van der Waals surface area contributed by atoms with E-state index >= 15 is 0 Å². The Morgan fingerprint density at radius 2 is 1.58 bits per heavy atom. The minimum Gasteiger partial charge on any atom is -0.509 e. The number of rotatable bonds is 5. The SMILES string of the molecule is C=C(O)COc1ccc(C(=O)c2ccccc2)cc1. The molecule has 0 aliphatic heterocycles. The van der Waals surface area contributed by atoms with Gasteiger partial charge in [-0.1, -0.05) is 36.9 Å². The van der Waals surface area contributed by atoms with Crippen molar-refractivity contribution in [1.29, 1.82) is 0 Å². The van der Waals surface area contributed by atoms with E-state index in [1.165, 1.54) is 0 Å². The molecule has 2 aromatic rings. The zero-order valence-electron chi connectivity index (χ0n) is 10.4. The van der Waals surface area contributed by atoms with Gasteiger partial charge in [-0.2, -0.15) is 0 Å². The van der Waals surface area contributed by atoms with E-state index in [-0.39, 0.29) is 18.1 Å². The number of aliphatic hydroxyl groups is 1. The Morgan fingerprint density at radius 1 is 1.00 bits per heavy atom. The van der Waals surface area contributed by atoms with Crippen molar-refractivity contribution in [1.82, 2.24) is 0 Å². The van der Waals surface area contributed by atoms with Crippen LogP contribution in [-0.4, -0.2) is 17.5 Å². The van der Waals surface area contributed by atoms with Crippen molar-refractivity contribution in [2.24, 2.45) is 0 Å². The molecule has 0 aromatic heterocycles. The summed E-state index contributed by atoms with van der Waals surface area (Å²) < 4.78 is 5.25. The summed E-state index contributed by atoms with van der Waals surface area (Å²) >= 11 is 0. The quantitative estimate of drug-likeness (QED) is 0.657. The van der Waals surface area contributed by atoms with Gasteiger partial charge >= 0.3 is 0 Å². The first-order valence-electron chi connectivity index (χ1n) is 5.86. The number of carbonyl (C=O) groups excluding carboxylic acids is 1. The molecule has 0 bridgehead atoms. The molecule has 2 rings (SSSR count). The molecular formula is C16H14O3. The maximum absolute atomic E-state index is 12.1. The predicted octanol–water partition coefficient (Wildman–Crippen LogP) is 3.37. The number of hydrogen-bond donors (Lipinski definition) is 1. The second-order valence-corrected chi connectivity index (χ2v) is 4.07. The molecular weight excluding hydrogens is 240 g/mol. The van der Waals surface area contributed by atoms with E-state index in [0.29, 0.717) is 16.9 Å². The molecule has 96 valence electrons. The third-order valence-electron chi connectivity index (χ3n) is 2.56. The van der Waals surface area contributed by atoms with Crippen LogP contribution in [-0.2, 0) is 0 Å². The van der Waals surface area contributed by atoms with Crippen molar-refractivity contribution in [2.45, 2.75) is 0 Å². The third kappa shape index (κ3) is 3.45. The maximum Gasteiger partial charge on any atom is 0.193 e. The topological polar surface area (TPSA) is 46.5 Å². The largest absolute Gasteiger partial charge is 0.509 e. The third-order valence-corrected chi connectivity index (χ3v) is 2.56. The maximum atomic E-state index is 12.1. The molecule has 3 nitrogen and oxygen atoms in total. The lowest BCUT2D eigenvalue weighted by molar-refractivity contribution is 0.103. The summed E-state index contributed by atoms with van der Waals surface area (Å²) in [4.78, 5) is 12.1. The number of carbonyl (C=O) groups is 1. The Morgan fingerprint density at radius 3 is 2.16 bits per heavy atom. The van der Waals surface area contributed by atoms with E-state index in [1.54, 1.807) is 36.4 Å². The summed E-state index contributed by atoms with van der Waals surface area (Å²) in [7, 11) is 0. The van der Waals surface area contributed by atoms with Crippen LogP contribution in [0.25, 0.3) is 0 Å². The molecule has 0 amide bonds. The summed E-state index contributed by atoms with van der Waals surface area (Å²) in [5.41, 5.74) is 1.25. The van der Waals surface area contributed by atoms with Crippen LogP contribution in [0.2, 0.25) is 0 Å². The summed E-state index contributed by atoms with van der Waals surface area (Å²) in [6, 6.07) is 15.9. The molecule has 0 fully saturated rings. The number of hydrogen-bond acceptors (Lipinski definition) is 3. The van der Waals surface area contributed by atoms with Crippen LogP contribution in [0.4, 0.5) is 0 Å². The lowest BCUT2D eigenvalue weighted by Crippen LogP contribution is -2.02. The van der Waals surface area contributed by atoms with Crippen LogP contribution in [0.1, 0.15) is 15.9 Å². The Balaban J connectivity index is 2.10. The molecule has 0 spiro atoms. The van der Waals surface area contributed by atoms with E-state index in [0.717, 1.165) is 0 Å². The van der Waals surface area contributed by atoms with Gasteiger partial charge in [0.2, 0.25) is 0 Å². The summed E-state index contributed by atoms with van der Waals surface area (Å²) in [6.07, 6.45) is 0. The van der Waals surface area contributed by atoms with Crippen LogP contribution < -0.4 is 4.74 Å². The highest BCUT2D eigenvalue weighted by Crippen LogP contribution is 2.15. The fourth-order valence-electron chi connectivity index (χ4n) is 1.63. The predicted molar refractivity (Wildman–Crippen MR) is 73.6 cm³/mol. The second kappa shape index (κ2) is 5.87. The van der Waals surface area contributed by atoms with Gasteiger partial charge in [0, 0.05) is 11.1 Å². The van der Waals surface area contributed by atoms with E-state index in [1.807, 2.05) is 18.2 Å². The Hall–Kier alpha value is -2.55. The molecule has 0 radical (unpaired) electrons. The molecule has 2 aromatic carbocycles. The molecule has 0 heterocycles. The standard InChI is InChI=1S/C16H14O3/c1-12(17)11-19-15-9-7-14(8-10-15)16(18)13-5-3-2-4-6-13/h2-10,17H,1,11H2. The fourth-order valence-corrected chi connectivity index (χ4v) is 1.63. The van der Waals surface area contributed by atoms with E-state index in [4.69, 9.17) is 9.84 Å². The number of ether oxygens (including phenoxy) is 1. The zero-order valence-corrected chi connectivity index (χ0v) is 10.4. The number of benzene rings is 2. The van der Waals surface area contributed by atoms with Crippen molar-refractivity contribution in [2.75, 3.05) is 6.61 Å². The molecule has 0 saturated heterocycles. The molecule has 0 aliphatic carbocycles. The highest BCUT2D eigenvalue weighted by atomic mass is 16.5. The van der Waals surface area contributed by atoms with E-state index in [9.17, 15) is 4.79 Å². The zero-order chi connectivity index (χ0) is 13.7. The molecule has 0 saturated carbocycles. The van der Waals surface area contributed by atoms with Gasteiger partial charge in [0.1, 0.15) is 18.1 Å². The molecule has 1 N–H and O–H groups in total. The first-order valence-corrected chi connectivity index (χ1v) is 5.86. The van der Waals surface area contributed by atoms with Gasteiger partial charge in [0.25, 0.3) is 0 Å². The van der Waals surface area contributed by atoms with Crippen molar-refractivity contribution >= 4 is 5.78 Å². The van der Waals surface area contributed by atoms with Gasteiger partial charge in [-0.3, -0.25) is 4.79 Å². The lowest BCUT2D eigenvalue weighted by atomic mass is 10.0. The smallest absolute Gasteiger partial charge is 0.193 e. The average Bonchev–Trinajstić information content (AvgIpc) is 2.46. The van der Waals surface area contributed by atoms with Crippen molar-refractivity contribution in [3.8, 4) is 5.75 Å². The van der Waals surface area contributed by atoms with Gasteiger partial charge in [0.05, 0.1) is 0 Å². The van der Waals surface area contributed by atoms with Gasteiger partial charge in [-0.05, 0) is 24.3 Å². The van der Waals surface area contributed by atoms with Gasteiger partial charge in [0.15, 0.2) is 5.78 Å². The first kappa shape index (κ1) is 12.9. The molecule has 3 heteroatoms. The van der Waals surface area contributed by atoms with Gasteiger partial charge < -0.3 is 9.84 Å². The number of aliphatic hydroxyl groups excluding tert-OH is 1. The van der Waals surface area contributed by atoms with Crippen LogP contribution in [0.15, 0.2) is 66.9 Å². The monoisotopic (exact) mass is 254 g/mol. The Kier molecular flexibility index (Phi) is 3.98. The minimum atomic E-state index is -0.0376. The van der Waals surface area contributed by atoms with Crippen molar-refractivity contribution in [3.63, 3.8) is 0 Å². The van der Waals surface area contributed by atoms with Crippen molar-refractivity contribution in [3.05, 3.63) is 78.1 Å².